The van der Waals surface area contributed by atoms with Crippen molar-refractivity contribution in [1.29, 1.82) is 0 Å². The Balaban J connectivity index is 1.16. The normalized spacial score (nSPS) is 19.3. The standard InChI is InChI=1S/C32H42N4O8S2/c1-2-42-30-11-10-25(24-8-6-23(19-33)7-9-24)16-31(30)46(40,41)36-14-12-32(13-15-36)18-26(21-44-32)35-20-27(37)22-43-28-4-3-5-29(17-28)45(34,38)39/h3-11,16-17,26-27,35,37H,2,12-15,18-22,33H2,1H3,(H2,34,38,39)/t26?,27-/m0/s1. The van der Waals surface area contributed by atoms with Gasteiger partial charge in [0.25, 0.3) is 0 Å². The minimum atomic E-state index is -3.86. The van der Waals surface area contributed by atoms with Gasteiger partial charge in [-0.15, -0.1) is 0 Å². The number of nitrogens with zero attached hydrogens (tertiary/aromatic N) is 1. The maximum atomic E-state index is 13.9. The molecule has 2 aliphatic heterocycles. The van der Waals surface area contributed by atoms with Gasteiger partial charge in [-0.1, -0.05) is 36.4 Å². The van der Waals surface area contributed by atoms with Crippen molar-refractivity contribution in [3.05, 3.63) is 72.3 Å². The Morgan fingerprint density at radius 1 is 1.02 bits per heavy atom. The molecule has 1 spiro atoms. The van der Waals surface area contributed by atoms with E-state index in [1.165, 1.54) is 22.5 Å². The Morgan fingerprint density at radius 3 is 2.41 bits per heavy atom. The Hall–Kier alpha value is -3.08. The number of nitrogens with two attached hydrogens (primary N) is 2. The van der Waals surface area contributed by atoms with Gasteiger partial charge in [0.05, 0.1) is 23.7 Å². The van der Waals surface area contributed by atoms with Gasteiger partial charge in [-0.3, -0.25) is 0 Å². The summed E-state index contributed by atoms with van der Waals surface area (Å²) in [6.45, 7) is 3.85. The molecule has 2 heterocycles. The summed E-state index contributed by atoms with van der Waals surface area (Å²) in [5.41, 5.74) is 7.94. The minimum absolute atomic E-state index is 0.0181. The fourth-order valence-electron chi connectivity index (χ4n) is 5.89. The maximum absolute atomic E-state index is 13.9. The van der Waals surface area contributed by atoms with E-state index in [1.807, 2.05) is 37.3 Å². The molecule has 3 aromatic carbocycles. The second kappa shape index (κ2) is 14.4. The number of aliphatic hydroxyl groups is 1. The van der Waals surface area contributed by atoms with E-state index >= 15 is 0 Å². The lowest BCUT2D eigenvalue weighted by atomic mass is 9.88. The number of sulfonamides is 2. The Morgan fingerprint density at radius 2 is 1.74 bits per heavy atom. The highest BCUT2D eigenvalue weighted by Crippen LogP contribution is 2.39. The van der Waals surface area contributed by atoms with Crippen molar-refractivity contribution in [1.82, 2.24) is 9.62 Å². The molecular weight excluding hydrogens is 633 g/mol. The summed E-state index contributed by atoms with van der Waals surface area (Å²) in [5, 5.41) is 18.9. The molecule has 2 aliphatic rings. The fourth-order valence-corrected chi connectivity index (χ4v) is 8.04. The third-order valence-electron chi connectivity index (χ3n) is 8.45. The quantitative estimate of drug-likeness (QED) is 0.210. The number of hydrogen-bond donors (Lipinski definition) is 4. The smallest absolute Gasteiger partial charge is 0.246 e. The van der Waals surface area contributed by atoms with Crippen molar-refractivity contribution in [2.45, 2.75) is 60.3 Å². The van der Waals surface area contributed by atoms with Crippen LogP contribution < -0.4 is 25.7 Å². The van der Waals surface area contributed by atoms with Gasteiger partial charge in [0.1, 0.15) is 29.1 Å². The first-order valence-corrected chi connectivity index (χ1v) is 18.3. The van der Waals surface area contributed by atoms with E-state index in [0.29, 0.717) is 57.9 Å². The summed E-state index contributed by atoms with van der Waals surface area (Å²) in [5.74, 6) is 0.614. The molecule has 6 N–H and O–H groups in total. The highest BCUT2D eigenvalue weighted by Gasteiger charge is 2.45. The molecule has 2 atom stereocenters. The number of ether oxygens (including phenoxy) is 3. The molecule has 2 saturated heterocycles. The number of piperidine rings is 1. The third kappa shape index (κ3) is 8.06. The zero-order valence-electron chi connectivity index (χ0n) is 25.8. The predicted molar refractivity (Wildman–Crippen MR) is 173 cm³/mol. The number of aliphatic hydroxyl groups excluding tert-OH is 1. The van der Waals surface area contributed by atoms with E-state index in [9.17, 15) is 21.9 Å². The highest BCUT2D eigenvalue weighted by molar-refractivity contribution is 7.89. The summed E-state index contributed by atoms with van der Waals surface area (Å²) in [7, 11) is -7.71. The summed E-state index contributed by atoms with van der Waals surface area (Å²) < 4.78 is 70.0. The van der Waals surface area contributed by atoms with Crippen molar-refractivity contribution < 1.29 is 36.2 Å². The van der Waals surface area contributed by atoms with Crippen LogP contribution in [0.2, 0.25) is 0 Å². The zero-order chi connectivity index (χ0) is 33.0. The van der Waals surface area contributed by atoms with Crippen LogP contribution >= 0.6 is 0 Å². The molecule has 0 aromatic heterocycles. The molecule has 0 aliphatic carbocycles. The Labute approximate surface area is 270 Å². The van der Waals surface area contributed by atoms with Crippen LogP contribution in [0.4, 0.5) is 0 Å². The average molecular weight is 675 g/mol. The number of benzene rings is 3. The first-order chi connectivity index (χ1) is 21.9. The Bertz CT molecular complexity index is 1710. The monoisotopic (exact) mass is 674 g/mol. The van der Waals surface area contributed by atoms with Gasteiger partial charge in [-0.05, 0) is 67.1 Å². The molecule has 2 fully saturated rings. The summed E-state index contributed by atoms with van der Waals surface area (Å²) in [6, 6.07) is 18.8. The second-order valence-electron chi connectivity index (χ2n) is 11.7. The molecule has 0 saturated carbocycles. The van der Waals surface area contributed by atoms with Crippen molar-refractivity contribution >= 4 is 20.0 Å². The molecule has 0 amide bonds. The molecular formula is C32H42N4O8S2. The van der Waals surface area contributed by atoms with Crippen LogP contribution in [0.1, 0.15) is 31.7 Å². The van der Waals surface area contributed by atoms with Gasteiger partial charge < -0.3 is 30.4 Å². The van der Waals surface area contributed by atoms with Crippen molar-refractivity contribution in [3.63, 3.8) is 0 Å². The lowest BCUT2D eigenvalue weighted by molar-refractivity contribution is -0.0312. The molecule has 14 heteroatoms. The summed E-state index contributed by atoms with van der Waals surface area (Å²) in [4.78, 5) is 0.0761. The minimum Gasteiger partial charge on any atom is -0.492 e. The van der Waals surface area contributed by atoms with Gasteiger partial charge in [-0.25, -0.2) is 22.0 Å². The third-order valence-corrected chi connectivity index (χ3v) is 11.3. The molecule has 5 rings (SSSR count). The van der Waals surface area contributed by atoms with E-state index in [-0.39, 0.29) is 34.7 Å². The second-order valence-corrected chi connectivity index (χ2v) is 15.2. The maximum Gasteiger partial charge on any atom is 0.246 e. The van der Waals surface area contributed by atoms with Crippen molar-refractivity contribution in [3.8, 4) is 22.6 Å². The fraction of sp³-hybridized carbons (Fsp3) is 0.438. The van der Waals surface area contributed by atoms with Gasteiger partial charge >= 0.3 is 0 Å². The number of nitrogens with one attached hydrogen (secondary N) is 1. The first kappa shape index (κ1) is 34.3. The predicted octanol–water partition coefficient (Wildman–Crippen LogP) is 2.20. The zero-order valence-corrected chi connectivity index (χ0v) is 27.4. The number of primary sulfonamides is 1. The topological polar surface area (TPSA) is 184 Å². The lowest BCUT2D eigenvalue weighted by Crippen LogP contribution is -2.47. The van der Waals surface area contributed by atoms with Crippen LogP contribution in [0.3, 0.4) is 0 Å². The SMILES string of the molecule is CCOc1ccc(-c2ccc(CN)cc2)cc1S(=O)(=O)N1CCC2(CC1)CC(NC[C@H](O)COc1cccc(S(N)(=O)=O)c1)CO2. The number of rotatable bonds is 13. The van der Waals surface area contributed by atoms with E-state index in [4.69, 9.17) is 25.1 Å². The van der Waals surface area contributed by atoms with Crippen LogP contribution in [0, 0.1) is 0 Å². The van der Waals surface area contributed by atoms with E-state index in [1.54, 1.807) is 18.2 Å². The van der Waals surface area contributed by atoms with Crippen LogP contribution in [0.15, 0.2) is 76.5 Å². The van der Waals surface area contributed by atoms with Gasteiger partial charge in [0.2, 0.25) is 20.0 Å². The van der Waals surface area contributed by atoms with E-state index in [2.05, 4.69) is 5.32 Å². The van der Waals surface area contributed by atoms with E-state index in [0.717, 1.165) is 16.7 Å². The largest absolute Gasteiger partial charge is 0.492 e. The molecule has 0 radical (unpaired) electrons. The average Bonchev–Trinajstić information content (AvgIpc) is 3.45. The molecule has 12 nitrogen and oxygen atoms in total. The van der Waals surface area contributed by atoms with Crippen LogP contribution in [0.5, 0.6) is 11.5 Å². The van der Waals surface area contributed by atoms with Gasteiger partial charge in [-0.2, -0.15) is 4.31 Å². The van der Waals surface area contributed by atoms with Crippen LogP contribution in [-0.2, 0) is 31.3 Å². The van der Waals surface area contributed by atoms with Crippen LogP contribution in [0.25, 0.3) is 11.1 Å². The highest BCUT2D eigenvalue weighted by atomic mass is 32.2. The molecule has 3 aromatic rings. The molecule has 250 valence electrons. The van der Waals surface area contributed by atoms with Crippen molar-refractivity contribution in [2.75, 3.05) is 39.5 Å². The van der Waals surface area contributed by atoms with Crippen molar-refractivity contribution in [2.24, 2.45) is 10.9 Å². The van der Waals surface area contributed by atoms with Gasteiger partial charge in [0, 0.05) is 38.3 Å². The van der Waals surface area contributed by atoms with Gasteiger partial charge in [0.15, 0.2) is 0 Å². The lowest BCUT2D eigenvalue weighted by Gasteiger charge is -2.38. The Kier molecular flexibility index (Phi) is 10.7. The summed E-state index contributed by atoms with van der Waals surface area (Å²) in [6.07, 6.45) is 0.917. The molecule has 0 bridgehead atoms. The number of hydrogen-bond acceptors (Lipinski definition) is 10. The molecule has 1 unspecified atom stereocenters. The summed E-state index contributed by atoms with van der Waals surface area (Å²) >= 11 is 0. The van der Waals surface area contributed by atoms with Crippen LogP contribution in [-0.4, -0.2) is 83.4 Å². The molecule has 46 heavy (non-hydrogen) atoms. The first-order valence-electron chi connectivity index (χ1n) is 15.3. The van der Waals surface area contributed by atoms with E-state index < -0.39 is 31.8 Å².